The second-order valence-corrected chi connectivity index (χ2v) is 6.73. The third-order valence-electron chi connectivity index (χ3n) is 3.44. The number of amides is 1. The Bertz CT molecular complexity index is 434. The van der Waals surface area contributed by atoms with Crippen LogP contribution in [0.15, 0.2) is 29.2 Å². The molecule has 1 aromatic rings. The smallest absolute Gasteiger partial charge is 0.233 e. The molecule has 0 aromatic heterocycles. The minimum absolute atomic E-state index is 0. The van der Waals surface area contributed by atoms with E-state index in [1.54, 1.807) is 11.8 Å². The van der Waals surface area contributed by atoms with Gasteiger partial charge in [0.1, 0.15) is 0 Å². The molecule has 3 N–H and O–H groups in total. The van der Waals surface area contributed by atoms with Crippen molar-refractivity contribution in [1.82, 2.24) is 5.32 Å². The summed E-state index contributed by atoms with van der Waals surface area (Å²) >= 11 is 1.58. The zero-order chi connectivity index (χ0) is 13.8. The highest BCUT2D eigenvalue weighted by Crippen LogP contribution is 2.31. The maximum atomic E-state index is 12.0. The molecule has 0 aliphatic heterocycles. The zero-order valence-corrected chi connectivity index (χ0v) is 13.6. The zero-order valence-electron chi connectivity index (χ0n) is 12.0. The monoisotopic (exact) mass is 314 g/mol. The summed E-state index contributed by atoms with van der Waals surface area (Å²) in [5.41, 5.74) is 7.21. The number of halogens is 1. The highest BCUT2D eigenvalue weighted by molar-refractivity contribution is 8.00. The van der Waals surface area contributed by atoms with Crippen molar-refractivity contribution >= 4 is 30.1 Å². The van der Waals surface area contributed by atoms with Crippen molar-refractivity contribution in [1.29, 1.82) is 0 Å². The predicted molar refractivity (Wildman–Crippen MR) is 87.5 cm³/mol. The lowest BCUT2D eigenvalue weighted by atomic mass is 10.2. The number of nitrogens with two attached hydrogens (primary N) is 1. The van der Waals surface area contributed by atoms with Gasteiger partial charge < -0.3 is 11.1 Å². The highest BCUT2D eigenvalue weighted by Gasteiger charge is 2.28. The van der Waals surface area contributed by atoms with Gasteiger partial charge in [-0.1, -0.05) is 17.7 Å². The maximum absolute atomic E-state index is 12.0. The first-order valence-electron chi connectivity index (χ1n) is 6.83. The molecule has 1 aliphatic carbocycles. The van der Waals surface area contributed by atoms with Crippen LogP contribution in [0.2, 0.25) is 0 Å². The van der Waals surface area contributed by atoms with E-state index in [-0.39, 0.29) is 29.6 Å². The molecule has 3 nitrogen and oxygen atoms in total. The summed E-state index contributed by atoms with van der Waals surface area (Å²) < 4.78 is 0. The molecule has 20 heavy (non-hydrogen) atoms. The third kappa shape index (κ3) is 5.35. The molecule has 2 rings (SSSR count). The van der Waals surface area contributed by atoms with Crippen LogP contribution in [0.1, 0.15) is 25.3 Å². The maximum Gasteiger partial charge on any atom is 0.233 e. The first kappa shape index (κ1) is 17.3. The van der Waals surface area contributed by atoms with E-state index in [1.165, 1.54) is 18.4 Å². The van der Waals surface area contributed by atoms with E-state index >= 15 is 0 Å². The van der Waals surface area contributed by atoms with Crippen LogP contribution < -0.4 is 11.1 Å². The lowest BCUT2D eigenvalue weighted by Gasteiger charge is -2.15. The molecule has 0 heterocycles. The molecule has 1 aromatic carbocycles. The second kappa shape index (κ2) is 7.91. The molecular formula is C15H23ClN2OS. The largest absolute Gasteiger partial charge is 0.354 e. The summed E-state index contributed by atoms with van der Waals surface area (Å²) in [7, 11) is 0. The van der Waals surface area contributed by atoms with Crippen LogP contribution in [0.5, 0.6) is 0 Å². The average molecular weight is 315 g/mol. The average Bonchev–Trinajstić information content (AvgIpc) is 3.22. The van der Waals surface area contributed by atoms with Crippen molar-refractivity contribution in [3.05, 3.63) is 29.8 Å². The van der Waals surface area contributed by atoms with Crippen LogP contribution in [0.3, 0.4) is 0 Å². The van der Waals surface area contributed by atoms with Gasteiger partial charge in [-0.2, -0.15) is 0 Å². The molecule has 0 saturated heterocycles. The Hall–Kier alpha value is -0.710. The fraction of sp³-hybridized carbons (Fsp3) is 0.533. The lowest BCUT2D eigenvalue weighted by Crippen LogP contribution is -2.41. The molecule has 2 atom stereocenters. The van der Waals surface area contributed by atoms with Crippen molar-refractivity contribution in [2.24, 2.45) is 11.7 Å². The van der Waals surface area contributed by atoms with E-state index in [4.69, 9.17) is 5.73 Å². The highest BCUT2D eigenvalue weighted by atomic mass is 35.5. The molecule has 1 fully saturated rings. The van der Waals surface area contributed by atoms with Crippen molar-refractivity contribution in [2.45, 2.75) is 42.9 Å². The summed E-state index contributed by atoms with van der Waals surface area (Å²) in [6, 6.07) is 8.37. The second-order valence-electron chi connectivity index (χ2n) is 5.32. The summed E-state index contributed by atoms with van der Waals surface area (Å²) in [6.45, 7) is 4.59. The van der Waals surface area contributed by atoms with Gasteiger partial charge in [0.2, 0.25) is 5.91 Å². The van der Waals surface area contributed by atoms with Crippen molar-refractivity contribution < 1.29 is 4.79 Å². The Morgan fingerprint density at radius 2 is 2.00 bits per heavy atom. The molecule has 5 heteroatoms. The van der Waals surface area contributed by atoms with Crippen molar-refractivity contribution in [3.63, 3.8) is 0 Å². The Labute approximate surface area is 131 Å². The van der Waals surface area contributed by atoms with E-state index in [2.05, 4.69) is 36.5 Å². The van der Waals surface area contributed by atoms with Gasteiger partial charge in [-0.15, -0.1) is 24.2 Å². The van der Waals surface area contributed by atoms with Gasteiger partial charge in [0, 0.05) is 17.5 Å². The number of nitrogens with one attached hydrogen (secondary N) is 1. The third-order valence-corrected chi connectivity index (χ3v) is 4.55. The number of hydrogen-bond acceptors (Lipinski definition) is 3. The molecule has 2 unspecified atom stereocenters. The van der Waals surface area contributed by atoms with Gasteiger partial charge in [-0.25, -0.2) is 0 Å². The van der Waals surface area contributed by atoms with Crippen LogP contribution in [-0.4, -0.2) is 23.7 Å². The quantitative estimate of drug-likeness (QED) is 0.794. The number of carbonyl (C=O) groups is 1. The normalized spacial score (nSPS) is 16.9. The SMILES string of the molecule is Cc1ccc(SC(C)C(=O)NCC(N)C2CC2)cc1.Cl. The molecule has 0 bridgehead atoms. The number of rotatable bonds is 6. The topological polar surface area (TPSA) is 55.1 Å². The number of aryl methyl sites for hydroxylation is 1. The predicted octanol–water partition coefficient (Wildman–Crippen LogP) is 2.75. The summed E-state index contributed by atoms with van der Waals surface area (Å²) in [4.78, 5) is 13.1. The van der Waals surface area contributed by atoms with E-state index in [0.717, 1.165) is 4.90 Å². The van der Waals surface area contributed by atoms with Gasteiger partial charge in [0.15, 0.2) is 0 Å². The number of benzene rings is 1. The summed E-state index contributed by atoms with van der Waals surface area (Å²) in [6.07, 6.45) is 2.43. The van der Waals surface area contributed by atoms with E-state index in [0.29, 0.717) is 12.5 Å². The standard InChI is InChI=1S/C15H22N2OS.ClH/c1-10-3-7-13(8-4-10)19-11(2)15(18)17-9-14(16)12-5-6-12;/h3-4,7-8,11-12,14H,5-6,9,16H2,1-2H3,(H,17,18);1H. The Balaban J connectivity index is 0.00000200. The van der Waals surface area contributed by atoms with Crippen LogP contribution in [0.4, 0.5) is 0 Å². The molecule has 1 amide bonds. The van der Waals surface area contributed by atoms with Crippen LogP contribution in [-0.2, 0) is 4.79 Å². The van der Waals surface area contributed by atoms with Gasteiger partial charge in [0.05, 0.1) is 5.25 Å². The molecule has 0 spiro atoms. The first-order valence-corrected chi connectivity index (χ1v) is 7.71. The number of carbonyl (C=O) groups excluding carboxylic acids is 1. The molecule has 112 valence electrons. The number of thioether (sulfide) groups is 1. The Kier molecular flexibility index (Phi) is 6.86. The number of hydrogen-bond donors (Lipinski definition) is 2. The molecular weight excluding hydrogens is 292 g/mol. The Morgan fingerprint density at radius 3 is 2.55 bits per heavy atom. The fourth-order valence-electron chi connectivity index (χ4n) is 1.93. The van der Waals surface area contributed by atoms with E-state index in [9.17, 15) is 4.79 Å². The first-order chi connectivity index (χ1) is 9.06. The lowest BCUT2D eigenvalue weighted by molar-refractivity contribution is -0.120. The van der Waals surface area contributed by atoms with E-state index in [1.807, 2.05) is 6.92 Å². The van der Waals surface area contributed by atoms with Crippen molar-refractivity contribution in [3.8, 4) is 0 Å². The summed E-state index contributed by atoms with van der Waals surface area (Å²) in [5.74, 6) is 0.696. The Morgan fingerprint density at radius 1 is 1.40 bits per heavy atom. The minimum atomic E-state index is -0.0888. The van der Waals surface area contributed by atoms with Crippen LogP contribution >= 0.6 is 24.2 Å². The summed E-state index contributed by atoms with van der Waals surface area (Å²) in [5, 5.41) is 2.86. The van der Waals surface area contributed by atoms with Crippen LogP contribution in [0, 0.1) is 12.8 Å². The van der Waals surface area contributed by atoms with Gasteiger partial charge in [-0.05, 0) is 44.7 Å². The minimum Gasteiger partial charge on any atom is -0.354 e. The molecule has 0 radical (unpaired) electrons. The van der Waals surface area contributed by atoms with Gasteiger partial charge in [-0.3, -0.25) is 4.79 Å². The van der Waals surface area contributed by atoms with Gasteiger partial charge >= 0.3 is 0 Å². The van der Waals surface area contributed by atoms with E-state index < -0.39 is 0 Å². The van der Waals surface area contributed by atoms with Crippen LogP contribution in [0.25, 0.3) is 0 Å². The molecule has 1 aliphatic rings. The van der Waals surface area contributed by atoms with Gasteiger partial charge in [0.25, 0.3) is 0 Å². The van der Waals surface area contributed by atoms with Crippen molar-refractivity contribution in [2.75, 3.05) is 6.54 Å². The fourth-order valence-corrected chi connectivity index (χ4v) is 2.82. The molecule has 1 saturated carbocycles.